The lowest BCUT2D eigenvalue weighted by atomic mass is 9.84. The fourth-order valence-corrected chi connectivity index (χ4v) is 4.56. The van der Waals surface area contributed by atoms with Gasteiger partial charge >= 0.3 is 0 Å². The molecular weight excluding hydrogens is 440 g/mol. The van der Waals surface area contributed by atoms with Crippen LogP contribution in [0.4, 0.5) is 5.82 Å². The van der Waals surface area contributed by atoms with Gasteiger partial charge in [-0.1, -0.05) is 77.3 Å². The molecule has 1 fully saturated rings. The first-order valence-corrected chi connectivity index (χ1v) is 13.4. The van der Waals surface area contributed by atoms with Crippen LogP contribution in [0.25, 0.3) is 11.5 Å². The van der Waals surface area contributed by atoms with Crippen molar-refractivity contribution in [3.05, 3.63) is 18.3 Å². The van der Waals surface area contributed by atoms with Crippen molar-refractivity contribution in [2.24, 2.45) is 10.9 Å². The van der Waals surface area contributed by atoms with Gasteiger partial charge in [-0.25, -0.2) is 4.98 Å². The number of Topliss-reactive ketones (excluding diaryl/α,β-unsaturated/α-hetero) is 1. The Morgan fingerprint density at radius 2 is 1.97 bits per heavy atom. The number of hydrogen-bond donors (Lipinski definition) is 0. The maximum atomic E-state index is 12.6. The minimum Gasteiger partial charge on any atom is -0.339 e. The number of rotatable bonds is 13. The molecule has 0 aromatic carbocycles. The zero-order valence-electron chi connectivity index (χ0n) is 22.4. The molecule has 0 saturated heterocycles. The summed E-state index contributed by atoms with van der Waals surface area (Å²) in [5.74, 6) is 2.65. The highest BCUT2D eigenvalue weighted by Gasteiger charge is 2.24. The first kappa shape index (κ1) is 28.6. The second-order valence-corrected chi connectivity index (χ2v) is 9.18. The lowest BCUT2D eigenvalue weighted by Crippen LogP contribution is -2.16. The van der Waals surface area contributed by atoms with E-state index < -0.39 is 0 Å². The number of carbonyl (C=O) groups excluding carboxylic acids is 1. The summed E-state index contributed by atoms with van der Waals surface area (Å²) in [4.78, 5) is 31.8. The van der Waals surface area contributed by atoms with Gasteiger partial charge in [0.2, 0.25) is 11.7 Å². The normalized spacial score (nSPS) is 15.0. The molecule has 2 aromatic heterocycles. The molecule has 0 N–H and O–H groups in total. The maximum Gasteiger partial charge on any atom is 0.230 e. The second kappa shape index (κ2) is 16.1. The Morgan fingerprint density at radius 1 is 1.20 bits per heavy atom. The molecule has 1 aliphatic carbocycles. The van der Waals surface area contributed by atoms with Gasteiger partial charge in [-0.15, -0.1) is 0 Å². The summed E-state index contributed by atoms with van der Waals surface area (Å²) in [7, 11) is 3.56. The highest BCUT2D eigenvalue weighted by molar-refractivity contribution is 5.79. The van der Waals surface area contributed by atoms with Gasteiger partial charge in [-0.3, -0.25) is 14.8 Å². The fraction of sp³-hybridized carbons (Fsp3) is 0.704. The second-order valence-electron chi connectivity index (χ2n) is 9.18. The van der Waals surface area contributed by atoms with Gasteiger partial charge in [-0.05, 0) is 18.8 Å². The average molecular weight is 485 g/mol. The number of aromatic nitrogens is 4. The molecule has 2 heterocycles. The van der Waals surface area contributed by atoms with Crippen LogP contribution in [0.5, 0.6) is 0 Å². The number of anilines is 1. The molecule has 0 amide bonds. The predicted molar refractivity (Wildman–Crippen MR) is 142 cm³/mol. The minimum absolute atomic E-state index is 0.0368. The fourth-order valence-electron chi connectivity index (χ4n) is 4.56. The molecule has 2 aromatic rings. The number of aliphatic imine (C=N–C) groups is 1. The van der Waals surface area contributed by atoms with E-state index in [0.29, 0.717) is 36.1 Å². The van der Waals surface area contributed by atoms with Crippen LogP contribution >= 0.6 is 0 Å². The summed E-state index contributed by atoms with van der Waals surface area (Å²) < 4.78 is 5.66. The highest BCUT2D eigenvalue weighted by Crippen LogP contribution is 2.32. The zero-order valence-corrected chi connectivity index (χ0v) is 22.4. The number of unbranched alkanes of at least 4 members (excludes halogenated alkanes) is 1. The smallest absolute Gasteiger partial charge is 0.230 e. The van der Waals surface area contributed by atoms with E-state index in [0.717, 1.165) is 31.6 Å². The molecule has 0 bridgehead atoms. The van der Waals surface area contributed by atoms with Crippen molar-refractivity contribution in [1.82, 2.24) is 20.1 Å². The van der Waals surface area contributed by atoms with Crippen molar-refractivity contribution < 1.29 is 9.32 Å². The summed E-state index contributed by atoms with van der Waals surface area (Å²) in [5, 5.41) is 4.17. The summed E-state index contributed by atoms with van der Waals surface area (Å²) in [5.41, 5.74) is 0.539. The van der Waals surface area contributed by atoms with E-state index >= 15 is 0 Å². The van der Waals surface area contributed by atoms with Crippen LogP contribution in [0.1, 0.15) is 110 Å². The van der Waals surface area contributed by atoms with Crippen molar-refractivity contribution in [2.75, 3.05) is 19.0 Å². The molecular formula is C27H44N6O2. The highest BCUT2D eigenvalue weighted by atomic mass is 16.5. The van der Waals surface area contributed by atoms with Gasteiger partial charge in [-0.2, -0.15) is 4.98 Å². The Morgan fingerprint density at radius 3 is 2.69 bits per heavy atom. The average Bonchev–Trinajstić information content (AvgIpc) is 3.39. The Balaban J connectivity index is 0.00000210. The predicted octanol–water partition coefficient (Wildman–Crippen LogP) is 6.63. The molecule has 3 rings (SSSR count). The van der Waals surface area contributed by atoms with Gasteiger partial charge < -0.3 is 9.42 Å². The van der Waals surface area contributed by atoms with Gasteiger partial charge in [0.05, 0.1) is 18.7 Å². The van der Waals surface area contributed by atoms with E-state index in [1.807, 2.05) is 20.9 Å². The van der Waals surface area contributed by atoms with Gasteiger partial charge in [0, 0.05) is 32.9 Å². The first-order chi connectivity index (χ1) is 17.1. The molecule has 1 saturated carbocycles. The van der Waals surface area contributed by atoms with Crippen molar-refractivity contribution in [2.45, 2.75) is 104 Å². The van der Waals surface area contributed by atoms with Crippen LogP contribution in [0.15, 0.2) is 21.9 Å². The third-order valence-corrected chi connectivity index (χ3v) is 6.46. The molecule has 0 radical (unpaired) electrons. The summed E-state index contributed by atoms with van der Waals surface area (Å²) in [6.07, 6.45) is 18.0. The third-order valence-electron chi connectivity index (χ3n) is 6.46. The molecule has 1 atom stereocenters. The molecule has 0 spiro atoms. The topological polar surface area (TPSA) is 97.4 Å². The molecule has 1 aliphatic rings. The van der Waals surface area contributed by atoms with Gasteiger partial charge in [0.25, 0.3) is 0 Å². The number of nitrogens with zero attached hydrogens (tertiary/aromatic N) is 6. The molecule has 1 unspecified atom stereocenters. The van der Waals surface area contributed by atoms with Crippen molar-refractivity contribution in [3.8, 4) is 11.5 Å². The van der Waals surface area contributed by atoms with E-state index in [1.54, 1.807) is 30.7 Å². The lowest BCUT2D eigenvalue weighted by molar-refractivity contribution is -0.119. The standard InChI is InChI=1S/C25H38N6O2.C2H6/c1-4-5-14-21(32)15-20(13-9-12-19-10-7-6-8-11-19)25-29-24(30-33-25)22-16-27-17-23(28-22)31(3)18-26-2;1-2/h16-20H,4-15H2,1-3H3;1-2H3. The quantitative estimate of drug-likeness (QED) is 0.232. The van der Waals surface area contributed by atoms with Gasteiger partial charge in [0.15, 0.2) is 5.82 Å². The van der Waals surface area contributed by atoms with Crippen molar-refractivity contribution >= 4 is 17.9 Å². The van der Waals surface area contributed by atoms with E-state index in [1.165, 1.54) is 38.5 Å². The van der Waals surface area contributed by atoms with Gasteiger partial charge in [0.1, 0.15) is 11.5 Å². The molecule has 194 valence electrons. The van der Waals surface area contributed by atoms with Crippen molar-refractivity contribution in [3.63, 3.8) is 0 Å². The van der Waals surface area contributed by atoms with E-state index in [9.17, 15) is 4.79 Å². The van der Waals surface area contributed by atoms with Crippen LogP contribution in [0, 0.1) is 5.92 Å². The van der Waals surface area contributed by atoms with E-state index in [4.69, 9.17) is 4.52 Å². The summed E-state index contributed by atoms with van der Waals surface area (Å²) >= 11 is 0. The number of ketones is 1. The number of hydrogen-bond acceptors (Lipinski definition) is 7. The van der Waals surface area contributed by atoms with E-state index in [2.05, 4.69) is 32.0 Å². The molecule has 0 aliphatic heterocycles. The van der Waals surface area contributed by atoms with Crippen LogP contribution in [0.3, 0.4) is 0 Å². The minimum atomic E-state index is -0.0368. The molecule has 8 heteroatoms. The SMILES string of the molecule is CC.CCCCC(=O)CC(CCCC1CCCCC1)c1nc(-c2cncc(N(C)C=NC)n2)no1. The van der Waals surface area contributed by atoms with Crippen LogP contribution in [0.2, 0.25) is 0 Å². The number of carbonyl (C=O) groups is 1. The monoisotopic (exact) mass is 484 g/mol. The Bertz CT molecular complexity index is 891. The zero-order chi connectivity index (χ0) is 25.5. The Labute approximate surface area is 211 Å². The van der Waals surface area contributed by atoms with Crippen LogP contribution in [-0.4, -0.2) is 46.3 Å². The van der Waals surface area contributed by atoms with E-state index in [-0.39, 0.29) is 11.7 Å². The van der Waals surface area contributed by atoms with Crippen LogP contribution in [-0.2, 0) is 4.79 Å². The largest absolute Gasteiger partial charge is 0.339 e. The van der Waals surface area contributed by atoms with Crippen molar-refractivity contribution in [1.29, 1.82) is 0 Å². The molecule has 35 heavy (non-hydrogen) atoms. The Kier molecular flexibility index (Phi) is 13.2. The molecule has 8 nitrogen and oxygen atoms in total. The lowest BCUT2D eigenvalue weighted by Gasteiger charge is -2.22. The maximum absolute atomic E-state index is 12.6. The Hall–Kier alpha value is -2.64. The summed E-state index contributed by atoms with van der Waals surface area (Å²) in [6, 6.07) is 0. The third kappa shape index (κ3) is 9.49. The first-order valence-electron chi connectivity index (χ1n) is 13.4. The van der Waals surface area contributed by atoms with Crippen LogP contribution < -0.4 is 4.90 Å². The summed E-state index contributed by atoms with van der Waals surface area (Å²) in [6.45, 7) is 6.11.